The van der Waals surface area contributed by atoms with Gasteiger partial charge in [0.15, 0.2) is 0 Å². The maximum absolute atomic E-state index is 5.77. The summed E-state index contributed by atoms with van der Waals surface area (Å²) in [6.07, 6.45) is 2.40. The van der Waals surface area contributed by atoms with Crippen LogP contribution < -0.4 is 5.32 Å². The van der Waals surface area contributed by atoms with Gasteiger partial charge in [0.1, 0.15) is 0 Å². The summed E-state index contributed by atoms with van der Waals surface area (Å²) in [4.78, 5) is 0. The van der Waals surface area contributed by atoms with Crippen LogP contribution >= 0.6 is 23.2 Å². The first-order valence-corrected chi connectivity index (χ1v) is 5.65. The van der Waals surface area contributed by atoms with E-state index in [1.54, 1.807) is 0 Å². The summed E-state index contributed by atoms with van der Waals surface area (Å²) in [6, 6.07) is 0.500. The average molecular weight is 224 g/mol. The Kier molecular flexibility index (Phi) is 7.83. The zero-order chi connectivity index (χ0) is 10.3. The SMILES string of the molecule is CCC(CC)C(C)NCC(Cl)=CCl. The predicted octanol–water partition coefficient (Wildman–Crippen LogP) is 3.72. The molecule has 1 nitrogen and oxygen atoms in total. The molecule has 0 spiro atoms. The third-order valence-electron chi connectivity index (χ3n) is 2.47. The van der Waals surface area contributed by atoms with Crippen molar-refractivity contribution in [3.05, 3.63) is 10.6 Å². The molecule has 0 aromatic carbocycles. The van der Waals surface area contributed by atoms with Crippen LogP contribution in [0.1, 0.15) is 33.6 Å². The van der Waals surface area contributed by atoms with E-state index in [2.05, 4.69) is 26.1 Å². The lowest BCUT2D eigenvalue weighted by Crippen LogP contribution is -2.33. The summed E-state index contributed by atoms with van der Waals surface area (Å²) in [5.41, 5.74) is 1.41. The second-order valence-electron chi connectivity index (χ2n) is 3.30. The molecule has 78 valence electrons. The van der Waals surface area contributed by atoms with Gasteiger partial charge in [0, 0.05) is 23.2 Å². The summed E-state index contributed by atoms with van der Waals surface area (Å²) in [7, 11) is 0. The molecule has 0 saturated carbocycles. The Morgan fingerprint density at radius 2 is 1.92 bits per heavy atom. The fourth-order valence-corrected chi connectivity index (χ4v) is 1.61. The topological polar surface area (TPSA) is 12.0 Å². The van der Waals surface area contributed by atoms with Crippen molar-refractivity contribution in [3.8, 4) is 0 Å². The molecule has 0 aliphatic heterocycles. The van der Waals surface area contributed by atoms with Crippen molar-refractivity contribution in [3.63, 3.8) is 0 Å². The van der Waals surface area contributed by atoms with Gasteiger partial charge in [-0.3, -0.25) is 0 Å². The van der Waals surface area contributed by atoms with Gasteiger partial charge in [0.25, 0.3) is 0 Å². The molecule has 0 aliphatic rings. The Hall–Kier alpha value is 0.280. The Bertz CT molecular complexity index is 153. The first kappa shape index (κ1) is 13.3. The molecule has 0 aliphatic carbocycles. The molecule has 0 aromatic heterocycles. The molecule has 3 heteroatoms. The lowest BCUT2D eigenvalue weighted by atomic mass is 9.95. The quantitative estimate of drug-likeness (QED) is 0.725. The van der Waals surface area contributed by atoms with Crippen LogP contribution in [0.3, 0.4) is 0 Å². The van der Waals surface area contributed by atoms with Gasteiger partial charge in [-0.05, 0) is 12.8 Å². The molecule has 0 heterocycles. The summed E-state index contributed by atoms with van der Waals surface area (Å²) in [5.74, 6) is 0.722. The van der Waals surface area contributed by atoms with E-state index < -0.39 is 0 Å². The van der Waals surface area contributed by atoms with Crippen molar-refractivity contribution < 1.29 is 0 Å². The van der Waals surface area contributed by atoms with Gasteiger partial charge in [-0.25, -0.2) is 0 Å². The average Bonchev–Trinajstić information content (AvgIpc) is 2.16. The van der Waals surface area contributed by atoms with Crippen molar-refractivity contribution in [2.24, 2.45) is 5.92 Å². The number of hydrogen-bond donors (Lipinski definition) is 1. The lowest BCUT2D eigenvalue weighted by molar-refractivity contribution is 0.364. The van der Waals surface area contributed by atoms with Gasteiger partial charge in [-0.15, -0.1) is 0 Å². The number of rotatable bonds is 6. The number of nitrogens with one attached hydrogen (secondary N) is 1. The predicted molar refractivity (Wildman–Crippen MR) is 61.3 cm³/mol. The second-order valence-corrected chi connectivity index (χ2v) is 4.01. The Labute approximate surface area is 91.5 Å². The second kappa shape index (κ2) is 7.66. The van der Waals surface area contributed by atoms with Crippen LogP contribution in [-0.4, -0.2) is 12.6 Å². The highest BCUT2D eigenvalue weighted by molar-refractivity contribution is 6.36. The van der Waals surface area contributed by atoms with E-state index in [-0.39, 0.29) is 0 Å². The van der Waals surface area contributed by atoms with E-state index in [4.69, 9.17) is 23.2 Å². The zero-order valence-electron chi connectivity index (χ0n) is 8.61. The minimum absolute atomic E-state index is 0.500. The summed E-state index contributed by atoms with van der Waals surface area (Å²) < 4.78 is 0. The van der Waals surface area contributed by atoms with Crippen LogP contribution in [-0.2, 0) is 0 Å². The summed E-state index contributed by atoms with van der Waals surface area (Å²) in [6.45, 7) is 7.29. The standard InChI is InChI=1S/C10H19Cl2N/c1-4-9(5-2)8(3)13-7-10(12)6-11/h6,8-9,13H,4-5,7H2,1-3H3. The first-order chi connectivity index (χ1) is 6.15. The molecule has 0 saturated heterocycles. The lowest BCUT2D eigenvalue weighted by Gasteiger charge is -2.22. The largest absolute Gasteiger partial charge is 0.309 e. The Morgan fingerprint density at radius 1 is 1.38 bits per heavy atom. The highest BCUT2D eigenvalue weighted by atomic mass is 35.5. The van der Waals surface area contributed by atoms with Gasteiger partial charge in [-0.1, -0.05) is 49.9 Å². The zero-order valence-corrected chi connectivity index (χ0v) is 10.1. The van der Waals surface area contributed by atoms with Gasteiger partial charge in [-0.2, -0.15) is 0 Å². The minimum atomic E-state index is 0.500. The molecule has 0 rings (SSSR count). The van der Waals surface area contributed by atoms with E-state index in [1.807, 2.05) is 0 Å². The van der Waals surface area contributed by atoms with Crippen molar-refractivity contribution in [2.45, 2.75) is 39.7 Å². The van der Waals surface area contributed by atoms with Crippen LogP contribution in [0.4, 0.5) is 0 Å². The van der Waals surface area contributed by atoms with Crippen molar-refractivity contribution in [1.29, 1.82) is 0 Å². The third kappa shape index (κ3) is 5.56. The van der Waals surface area contributed by atoms with E-state index >= 15 is 0 Å². The molecule has 1 atom stereocenters. The van der Waals surface area contributed by atoms with E-state index in [0.717, 1.165) is 5.92 Å². The van der Waals surface area contributed by atoms with E-state index in [9.17, 15) is 0 Å². The van der Waals surface area contributed by atoms with Gasteiger partial charge < -0.3 is 5.32 Å². The fraction of sp³-hybridized carbons (Fsp3) is 0.800. The van der Waals surface area contributed by atoms with Gasteiger partial charge in [0.05, 0.1) is 0 Å². The maximum Gasteiger partial charge on any atom is 0.0431 e. The molecule has 0 aromatic rings. The molecule has 13 heavy (non-hydrogen) atoms. The van der Waals surface area contributed by atoms with Crippen LogP contribution in [0.2, 0.25) is 0 Å². The molecule has 0 bridgehead atoms. The van der Waals surface area contributed by atoms with Crippen molar-refractivity contribution in [1.82, 2.24) is 5.32 Å². The maximum atomic E-state index is 5.77. The Morgan fingerprint density at radius 3 is 2.31 bits per heavy atom. The van der Waals surface area contributed by atoms with Crippen LogP contribution in [0.15, 0.2) is 10.6 Å². The molecule has 0 fully saturated rings. The monoisotopic (exact) mass is 223 g/mol. The molecule has 0 radical (unpaired) electrons. The minimum Gasteiger partial charge on any atom is -0.309 e. The highest BCUT2D eigenvalue weighted by Crippen LogP contribution is 2.13. The molecule has 1 N–H and O–H groups in total. The fourth-order valence-electron chi connectivity index (χ4n) is 1.46. The van der Waals surface area contributed by atoms with Gasteiger partial charge in [0.2, 0.25) is 0 Å². The summed E-state index contributed by atoms with van der Waals surface area (Å²) in [5, 5.41) is 4.02. The molecule has 1 unspecified atom stereocenters. The number of hydrogen-bond acceptors (Lipinski definition) is 1. The number of halogens is 2. The van der Waals surface area contributed by atoms with Crippen molar-refractivity contribution >= 4 is 23.2 Å². The van der Waals surface area contributed by atoms with Gasteiger partial charge >= 0.3 is 0 Å². The highest BCUT2D eigenvalue weighted by Gasteiger charge is 2.12. The van der Waals surface area contributed by atoms with Crippen molar-refractivity contribution in [2.75, 3.05) is 6.54 Å². The molecule has 0 amide bonds. The normalized spacial score (nSPS) is 15.1. The third-order valence-corrected chi connectivity index (χ3v) is 3.09. The smallest absolute Gasteiger partial charge is 0.0431 e. The van der Waals surface area contributed by atoms with E-state index in [0.29, 0.717) is 17.6 Å². The Balaban J connectivity index is 3.78. The van der Waals surface area contributed by atoms with Crippen LogP contribution in [0, 0.1) is 5.92 Å². The van der Waals surface area contributed by atoms with Crippen LogP contribution in [0.25, 0.3) is 0 Å². The van der Waals surface area contributed by atoms with Crippen LogP contribution in [0.5, 0.6) is 0 Å². The first-order valence-electron chi connectivity index (χ1n) is 4.83. The van der Waals surface area contributed by atoms with E-state index in [1.165, 1.54) is 18.4 Å². The summed E-state index contributed by atoms with van der Waals surface area (Å²) >= 11 is 11.2. The molecular formula is C10H19Cl2N. The molecular weight excluding hydrogens is 205 g/mol.